The monoisotopic (exact) mass is 346 g/mol. The molecular formula is C18H23ClN4O. The average Bonchev–Trinajstić information content (AvgIpc) is 3.29. The molecule has 2 aromatic rings. The summed E-state index contributed by atoms with van der Waals surface area (Å²) in [6.45, 7) is 0.506. The number of carbonyl (C=O) groups excluding carboxylic acids is 1. The molecule has 6 heteroatoms. The first kappa shape index (κ1) is 17.0. The van der Waals surface area contributed by atoms with E-state index in [2.05, 4.69) is 10.4 Å². The molecule has 1 heterocycles. The van der Waals surface area contributed by atoms with E-state index >= 15 is 0 Å². The Labute approximate surface area is 148 Å². The number of hydrogen-bond donors (Lipinski definition) is 2. The first-order valence-electron chi connectivity index (χ1n) is 8.34. The highest BCUT2D eigenvalue weighted by Gasteiger charge is 2.48. The number of nitrogens with zero attached hydrogens (tertiary/aromatic N) is 2. The number of halogens is 1. The van der Waals surface area contributed by atoms with E-state index < -0.39 is 0 Å². The molecule has 0 spiro atoms. The Hall–Kier alpha value is -1.85. The highest BCUT2D eigenvalue weighted by atomic mass is 35.5. The van der Waals surface area contributed by atoms with E-state index in [0.717, 1.165) is 24.1 Å². The highest BCUT2D eigenvalue weighted by molar-refractivity contribution is 5.85. The predicted molar refractivity (Wildman–Crippen MR) is 95.0 cm³/mol. The zero-order valence-electron chi connectivity index (χ0n) is 13.5. The minimum atomic E-state index is -0.00193. The van der Waals surface area contributed by atoms with E-state index in [4.69, 9.17) is 5.73 Å². The number of carbonyl (C=O) groups is 1. The van der Waals surface area contributed by atoms with Crippen LogP contribution < -0.4 is 11.1 Å². The van der Waals surface area contributed by atoms with Crippen LogP contribution in [0.25, 0.3) is 5.69 Å². The quantitative estimate of drug-likeness (QED) is 0.892. The van der Waals surface area contributed by atoms with E-state index in [1.807, 2.05) is 41.2 Å². The molecule has 5 nitrogen and oxygen atoms in total. The lowest BCUT2D eigenvalue weighted by molar-refractivity contribution is -0.127. The lowest BCUT2D eigenvalue weighted by atomic mass is 9.84. The summed E-state index contributed by atoms with van der Waals surface area (Å²) in [5.41, 5.74) is 8.25. The van der Waals surface area contributed by atoms with Crippen molar-refractivity contribution >= 4 is 18.3 Å². The van der Waals surface area contributed by atoms with Crippen LogP contribution in [0.1, 0.15) is 24.8 Å². The van der Waals surface area contributed by atoms with Crippen molar-refractivity contribution in [1.82, 2.24) is 15.1 Å². The fraction of sp³-hybridized carbons (Fsp3) is 0.444. The lowest BCUT2D eigenvalue weighted by Gasteiger charge is -2.26. The minimum absolute atomic E-state index is 0. The summed E-state index contributed by atoms with van der Waals surface area (Å²) < 4.78 is 1.82. The SMILES string of the molecule is Cl.NC1C2CCC(C2)C1C(=O)NCc1cnn(-c2ccccc2)c1. The number of amides is 1. The van der Waals surface area contributed by atoms with Gasteiger partial charge in [-0.2, -0.15) is 5.10 Å². The zero-order chi connectivity index (χ0) is 15.8. The maximum atomic E-state index is 12.5. The van der Waals surface area contributed by atoms with Crippen LogP contribution in [-0.2, 0) is 11.3 Å². The van der Waals surface area contributed by atoms with Gasteiger partial charge in [0.1, 0.15) is 0 Å². The van der Waals surface area contributed by atoms with Gasteiger partial charge in [0.2, 0.25) is 5.91 Å². The molecule has 2 fully saturated rings. The maximum absolute atomic E-state index is 12.5. The molecular weight excluding hydrogens is 324 g/mol. The molecule has 0 radical (unpaired) electrons. The fourth-order valence-electron chi connectivity index (χ4n) is 4.21. The molecule has 24 heavy (non-hydrogen) atoms. The summed E-state index contributed by atoms with van der Waals surface area (Å²) in [6, 6.07) is 9.99. The third-order valence-corrected chi connectivity index (χ3v) is 5.41. The van der Waals surface area contributed by atoms with Crippen molar-refractivity contribution in [2.45, 2.75) is 31.8 Å². The third-order valence-electron chi connectivity index (χ3n) is 5.41. The standard InChI is InChI=1S/C18H22N4O.ClH/c19-17-14-7-6-13(8-14)16(17)18(23)20-9-12-10-21-22(11-12)15-4-2-1-3-5-15;/h1-5,10-11,13-14,16-17H,6-9,19H2,(H,20,23);1H. The molecule has 4 unspecified atom stereocenters. The van der Waals surface area contributed by atoms with Crippen LogP contribution in [0.2, 0.25) is 0 Å². The van der Waals surface area contributed by atoms with Crippen LogP contribution in [0.4, 0.5) is 0 Å². The van der Waals surface area contributed by atoms with Gasteiger partial charge in [-0.3, -0.25) is 4.79 Å². The lowest BCUT2D eigenvalue weighted by Crippen LogP contribution is -2.45. The number of benzene rings is 1. The number of rotatable bonds is 4. The second-order valence-corrected chi connectivity index (χ2v) is 6.78. The van der Waals surface area contributed by atoms with Crippen LogP contribution in [0.15, 0.2) is 42.7 Å². The molecule has 4 rings (SSSR count). The predicted octanol–water partition coefficient (Wildman–Crippen LogP) is 2.28. The molecule has 0 aliphatic heterocycles. The van der Waals surface area contributed by atoms with Crippen LogP contribution in [0.5, 0.6) is 0 Å². The average molecular weight is 347 g/mol. The summed E-state index contributed by atoms with van der Waals surface area (Å²) in [5, 5.41) is 7.40. The number of fused-ring (bicyclic) bond motifs is 2. The molecule has 2 aliphatic rings. The Morgan fingerprint density at radius 3 is 2.71 bits per heavy atom. The number of hydrogen-bond acceptors (Lipinski definition) is 3. The van der Waals surface area contributed by atoms with Gasteiger partial charge in [0.05, 0.1) is 17.8 Å². The van der Waals surface area contributed by atoms with Crippen molar-refractivity contribution in [2.24, 2.45) is 23.5 Å². The van der Waals surface area contributed by atoms with Crippen molar-refractivity contribution in [3.8, 4) is 5.69 Å². The Morgan fingerprint density at radius 1 is 1.25 bits per heavy atom. The summed E-state index contributed by atoms with van der Waals surface area (Å²) >= 11 is 0. The second kappa shape index (κ2) is 6.95. The van der Waals surface area contributed by atoms with Crippen LogP contribution in [0, 0.1) is 17.8 Å². The molecule has 3 N–H and O–H groups in total. The van der Waals surface area contributed by atoms with Crippen LogP contribution >= 0.6 is 12.4 Å². The molecule has 1 amide bonds. The molecule has 4 atom stereocenters. The highest BCUT2D eigenvalue weighted by Crippen LogP contribution is 2.47. The molecule has 1 aromatic heterocycles. The topological polar surface area (TPSA) is 72.9 Å². The summed E-state index contributed by atoms with van der Waals surface area (Å²) in [6.07, 6.45) is 7.23. The van der Waals surface area contributed by atoms with Crippen molar-refractivity contribution in [3.05, 3.63) is 48.3 Å². The second-order valence-electron chi connectivity index (χ2n) is 6.78. The summed E-state index contributed by atoms with van der Waals surface area (Å²) in [5.74, 6) is 1.15. The first-order chi connectivity index (χ1) is 11.2. The fourth-order valence-corrected chi connectivity index (χ4v) is 4.21. The van der Waals surface area contributed by atoms with Crippen LogP contribution in [-0.4, -0.2) is 21.7 Å². The Kier molecular flexibility index (Phi) is 4.92. The van der Waals surface area contributed by atoms with Crippen molar-refractivity contribution in [3.63, 3.8) is 0 Å². The van der Waals surface area contributed by atoms with Gasteiger partial charge in [-0.1, -0.05) is 18.2 Å². The Bertz CT molecular complexity index is 700. The van der Waals surface area contributed by atoms with Gasteiger partial charge >= 0.3 is 0 Å². The van der Waals surface area contributed by atoms with Crippen LogP contribution in [0.3, 0.4) is 0 Å². The van der Waals surface area contributed by atoms with E-state index in [9.17, 15) is 4.79 Å². The van der Waals surface area contributed by atoms with Gasteiger partial charge in [-0.25, -0.2) is 4.68 Å². The number of nitrogens with one attached hydrogen (secondary N) is 1. The van der Waals surface area contributed by atoms with Gasteiger partial charge in [-0.15, -0.1) is 12.4 Å². The Balaban J connectivity index is 0.00000169. The molecule has 2 saturated carbocycles. The maximum Gasteiger partial charge on any atom is 0.225 e. The molecule has 2 bridgehead atoms. The zero-order valence-corrected chi connectivity index (χ0v) is 14.3. The van der Waals surface area contributed by atoms with Gasteiger partial charge in [0.15, 0.2) is 0 Å². The largest absolute Gasteiger partial charge is 0.352 e. The van der Waals surface area contributed by atoms with Gasteiger partial charge in [0.25, 0.3) is 0 Å². The number of para-hydroxylation sites is 1. The van der Waals surface area contributed by atoms with Gasteiger partial charge in [0, 0.05) is 24.3 Å². The normalized spacial score (nSPS) is 27.7. The van der Waals surface area contributed by atoms with Crippen molar-refractivity contribution in [1.29, 1.82) is 0 Å². The van der Waals surface area contributed by atoms with E-state index in [1.54, 1.807) is 6.20 Å². The first-order valence-corrected chi connectivity index (χ1v) is 8.34. The van der Waals surface area contributed by atoms with E-state index in [-0.39, 0.29) is 30.3 Å². The smallest absolute Gasteiger partial charge is 0.225 e. The molecule has 0 saturated heterocycles. The van der Waals surface area contributed by atoms with Gasteiger partial charge < -0.3 is 11.1 Å². The summed E-state index contributed by atoms with van der Waals surface area (Å²) in [7, 11) is 0. The van der Waals surface area contributed by atoms with Gasteiger partial charge in [-0.05, 0) is 43.2 Å². The number of aromatic nitrogens is 2. The van der Waals surface area contributed by atoms with Crippen molar-refractivity contribution in [2.75, 3.05) is 0 Å². The molecule has 1 aromatic carbocycles. The molecule has 2 aliphatic carbocycles. The minimum Gasteiger partial charge on any atom is -0.352 e. The van der Waals surface area contributed by atoms with E-state index in [0.29, 0.717) is 18.4 Å². The van der Waals surface area contributed by atoms with Crippen molar-refractivity contribution < 1.29 is 4.79 Å². The molecule has 128 valence electrons. The summed E-state index contributed by atoms with van der Waals surface area (Å²) in [4.78, 5) is 12.5. The Morgan fingerprint density at radius 2 is 2.00 bits per heavy atom. The van der Waals surface area contributed by atoms with E-state index in [1.165, 1.54) is 6.42 Å². The third kappa shape index (κ3) is 3.06. The number of nitrogens with two attached hydrogens (primary N) is 1.